The number of aldehydes is 1. The van der Waals surface area contributed by atoms with Crippen molar-refractivity contribution in [1.82, 2.24) is 4.90 Å². The van der Waals surface area contributed by atoms with Gasteiger partial charge in [0.05, 0.1) is 17.3 Å². The predicted octanol–water partition coefficient (Wildman–Crippen LogP) is 4.80. The second kappa shape index (κ2) is 13.6. The van der Waals surface area contributed by atoms with Crippen LogP contribution in [-0.2, 0) is 16.0 Å². The van der Waals surface area contributed by atoms with Crippen LogP contribution in [-0.4, -0.2) is 71.4 Å². The van der Waals surface area contributed by atoms with Crippen molar-refractivity contribution in [2.75, 3.05) is 70.0 Å². The Morgan fingerprint density at radius 3 is 2.65 bits per heavy atom. The zero-order chi connectivity index (χ0) is 24.3. The summed E-state index contributed by atoms with van der Waals surface area (Å²) in [5.74, 6) is 0.858. The van der Waals surface area contributed by atoms with Crippen molar-refractivity contribution < 1.29 is 14.3 Å². The molecule has 0 N–H and O–H groups in total. The molecule has 1 fully saturated rings. The van der Waals surface area contributed by atoms with E-state index in [0.717, 1.165) is 91.5 Å². The maximum atomic E-state index is 10.8. The lowest BCUT2D eigenvalue weighted by molar-refractivity contribution is -0.107. The monoisotopic (exact) mass is 487 g/mol. The van der Waals surface area contributed by atoms with Crippen LogP contribution < -0.4 is 14.5 Å². The molecule has 1 saturated heterocycles. The van der Waals surface area contributed by atoms with Crippen molar-refractivity contribution in [2.24, 2.45) is 0 Å². The summed E-state index contributed by atoms with van der Waals surface area (Å²) in [6.07, 6.45) is 4.32. The number of piperazine rings is 1. The Morgan fingerprint density at radius 2 is 1.91 bits per heavy atom. The Balaban J connectivity index is 1.40. The summed E-state index contributed by atoms with van der Waals surface area (Å²) in [4.78, 5) is 17.8. The first-order valence-corrected chi connectivity index (χ1v) is 12.5. The van der Waals surface area contributed by atoms with E-state index < -0.39 is 0 Å². The second-order valence-electron chi connectivity index (χ2n) is 8.90. The van der Waals surface area contributed by atoms with Gasteiger partial charge in [-0.1, -0.05) is 29.8 Å². The molecule has 7 heteroatoms. The molecule has 2 aromatic carbocycles. The van der Waals surface area contributed by atoms with E-state index in [9.17, 15) is 4.79 Å². The smallest absolute Gasteiger partial charge is 0.121 e. The fourth-order valence-corrected chi connectivity index (χ4v) is 4.64. The van der Waals surface area contributed by atoms with E-state index in [1.165, 1.54) is 0 Å². The average Bonchev–Trinajstić information content (AvgIpc) is 2.85. The predicted molar refractivity (Wildman–Crippen MR) is 141 cm³/mol. The topological polar surface area (TPSA) is 45.3 Å². The maximum absolute atomic E-state index is 10.8. The number of halogens is 1. The van der Waals surface area contributed by atoms with Gasteiger partial charge in [0.15, 0.2) is 0 Å². The molecule has 1 aliphatic rings. The van der Waals surface area contributed by atoms with Crippen molar-refractivity contribution in [3.05, 3.63) is 52.5 Å². The first-order valence-electron chi connectivity index (χ1n) is 12.2. The summed E-state index contributed by atoms with van der Waals surface area (Å²) < 4.78 is 11.3. The van der Waals surface area contributed by atoms with E-state index in [1.54, 1.807) is 7.11 Å². The van der Waals surface area contributed by atoms with Crippen molar-refractivity contribution in [3.63, 3.8) is 0 Å². The highest BCUT2D eigenvalue weighted by Crippen LogP contribution is 2.30. The number of carbonyl (C=O) groups is 1. The van der Waals surface area contributed by atoms with Gasteiger partial charge in [0.1, 0.15) is 18.8 Å². The van der Waals surface area contributed by atoms with Gasteiger partial charge in [-0.15, -0.1) is 0 Å². The number of rotatable bonds is 13. The molecular weight excluding hydrogens is 450 g/mol. The highest BCUT2D eigenvalue weighted by molar-refractivity contribution is 6.34. The normalized spacial score (nSPS) is 14.3. The van der Waals surface area contributed by atoms with Crippen LogP contribution in [0, 0.1) is 6.92 Å². The summed E-state index contributed by atoms with van der Waals surface area (Å²) in [6, 6.07) is 12.4. The van der Waals surface area contributed by atoms with Gasteiger partial charge in [-0.3, -0.25) is 4.90 Å². The lowest BCUT2D eigenvalue weighted by Crippen LogP contribution is -2.46. The molecule has 0 spiro atoms. The molecule has 0 aliphatic carbocycles. The number of aryl methyl sites for hydroxylation is 2. The van der Waals surface area contributed by atoms with Crippen LogP contribution in [0.2, 0.25) is 5.02 Å². The van der Waals surface area contributed by atoms with Gasteiger partial charge in [0.2, 0.25) is 0 Å². The lowest BCUT2D eigenvalue weighted by atomic mass is 10.1. The summed E-state index contributed by atoms with van der Waals surface area (Å²) in [5, 5.41) is 0.876. The van der Waals surface area contributed by atoms with Crippen LogP contribution in [0.3, 0.4) is 0 Å². The second-order valence-corrected chi connectivity index (χ2v) is 9.28. The van der Waals surface area contributed by atoms with Gasteiger partial charge in [-0.25, -0.2) is 0 Å². The summed E-state index contributed by atoms with van der Waals surface area (Å²) >= 11 is 6.51. The molecule has 6 nitrogen and oxygen atoms in total. The molecule has 0 bridgehead atoms. The fraction of sp³-hybridized carbons (Fsp3) is 0.519. The summed E-state index contributed by atoms with van der Waals surface area (Å²) in [5.41, 5.74) is 4.47. The minimum atomic E-state index is 0.487. The van der Waals surface area contributed by atoms with Gasteiger partial charge in [0.25, 0.3) is 0 Å². The third-order valence-corrected chi connectivity index (χ3v) is 6.84. The quantitative estimate of drug-likeness (QED) is 0.230. The van der Waals surface area contributed by atoms with Crippen molar-refractivity contribution in [3.8, 4) is 5.75 Å². The molecule has 0 aromatic heterocycles. The lowest BCUT2D eigenvalue weighted by Gasteiger charge is -2.36. The van der Waals surface area contributed by atoms with E-state index in [0.29, 0.717) is 19.8 Å². The molecule has 34 heavy (non-hydrogen) atoms. The molecule has 1 aliphatic heterocycles. The van der Waals surface area contributed by atoms with Gasteiger partial charge < -0.3 is 24.1 Å². The third-order valence-electron chi connectivity index (χ3n) is 6.34. The standard InChI is InChI=1S/C27H38ClN3O3/c1-22-8-6-10-25(27(22)28)31-16-14-30(15-17-31)13-4-5-19-34-24-12-11-23(9-7-18-32)26(20-24)29(2)21-33-3/h6,8,10-12,18,20H,4-5,7,9,13-17,19,21H2,1-3H3. The number of methoxy groups -OCH3 is 1. The first kappa shape index (κ1) is 26.3. The Morgan fingerprint density at radius 1 is 1.12 bits per heavy atom. The minimum absolute atomic E-state index is 0.487. The van der Waals surface area contributed by atoms with Gasteiger partial charge in [0, 0.05) is 58.5 Å². The Bertz CT molecular complexity index is 916. The molecule has 0 unspecified atom stereocenters. The number of hydrogen-bond acceptors (Lipinski definition) is 6. The average molecular weight is 488 g/mol. The van der Waals surface area contributed by atoms with Crippen LogP contribution in [0.25, 0.3) is 0 Å². The first-order chi connectivity index (χ1) is 16.5. The Kier molecular flexibility index (Phi) is 10.5. The minimum Gasteiger partial charge on any atom is -0.494 e. The Hall–Kier alpha value is -2.28. The van der Waals surface area contributed by atoms with E-state index in [2.05, 4.69) is 47.1 Å². The van der Waals surface area contributed by atoms with Gasteiger partial charge >= 0.3 is 0 Å². The van der Waals surface area contributed by atoms with E-state index >= 15 is 0 Å². The maximum Gasteiger partial charge on any atom is 0.121 e. The summed E-state index contributed by atoms with van der Waals surface area (Å²) in [7, 11) is 3.67. The zero-order valence-corrected chi connectivity index (χ0v) is 21.5. The van der Waals surface area contributed by atoms with E-state index in [1.807, 2.05) is 18.0 Å². The molecule has 0 saturated carbocycles. The SMILES string of the molecule is COCN(C)c1cc(OCCCCN2CCN(c3cccc(C)c3Cl)CC2)ccc1CCC=O. The van der Waals surface area contributed by atoms with Gasteiger partial charge in [-0.2, -0.15) is 0 Å². The highest BCUT2D eigenvalue weighted by atomic mass is 35.5. The number of anilines is 2. The van der Waals surface area contributed by atoms with Crippen LogP contribution in [0.15, 0.2) is 36.4 Å². The number of ether oxygens (including phenoxy) is 2. The molecule has 3 rings (SSSR count). The van der Waals surface area contributed by atoms with Crippen molar-refractivity contribution in [1.29, 1.82) is 0 Å². The summed E-state index contributed by atoms with van der Waals surface area (Å²) in [6.45, 7) is 8.46. The molecule has 0 amide bonds. The van der Waals surface area contributed by atoms with E-state index in [4.69, 9.17) is 21.1 Å². The number of hydrogen-bond donors (Lipinski definition) is 0. The molecule has 1 heterocycles. The largest absolute Gasteiger partial charge is 0.494 e. The van der Waals surface area contributed by atoms with Crippen LogP contribution in [0.5, 0.6) is 5.75 Å². The van der Waals surface area contributed by atoms with Gasteiger partial charge in [-0.05, 0) is 56.0 Å². The van der Waals surface area contributed by atoms with E-state index in [-0.39, 0.29) is 0 Å². The number of unbranched alkanes of at least 4 members (excludes halogenated alkanes) is 1. The fourth-order valence-electron chi connectivity index (χ4n) is 4.39. The highest BCUT2D eigenvalue weighted by Gasteiger charge is 2.19. The van der Waals surface area contributed by atoms with Crippen LogP contribution in [0.1, 0.15) is 30.4 Å². The molecule has 0 atom stereocenters. The third kappa shape index (κ3) is 7.36. The van der Waals surface area contributed by atoms with Crippen LogP contribution in [0.4, 0.5) is 11.4 Å². The number of nitrogens with zero attached hydrogens (tertiary/aromatic N) is 3. The molecular formula is C27H38ClN3O3. The molecule has 186 valence electrons. The number of carbonyl (C=O) groups excluding carboxylic acids is 1. The van der Waals surface area contributed by atoms with Crippen molar-refractivity contribution in [2.45, 2.75) is 32.6 Å². The number of benzene rings is 2. The molecule has 2 aromatic rings. The van der Waals surface area contributed by atoms with Crippen molar-refractivity contribution >= 4 is 29.3 Å². The molecule has 0 radical (unpaired) electrons. The van der Waals surface area contributed by atoms with Crippen LogP contribution >= 0.6 is 11.6 Å². The Labute approximate surface area is 209 Å². The zero-order valence-electron chi connectivity index (χ0n) is 20.8.